The number of amides is 1. The van der Waals surface area contributed by atoms with Crippen molar-refractivity contribution < 1.29 is 9.53 Å². The Morgan fingerprint density at radius 3 is 2.46 bits per heavy atom. The first-order chi connectivity index (χ1) is 12.7. The third kappa shape index (κ3) is 7.60. The molecule has 0 bridgehead atoms. The van der Waals surface area contributed by atoms with Crippen molar-refractivity contribution in [1.29, 1.82) is 0 Å². The van der Waals surface area contributed by atoms with Crippen LogP contribution in [0, 0.1) is 6.92 Å². The standard InChI is InChI=1S/C22H30N2O2/c1-3-4-5-6-7-15-26-21-13-11-19(12-14-21)24-22(25)17-23-20-10-8-9-18(2)16-20/h8-14,16,23H,3-7,15,17H2,1-2H3,(H,24,25). The van der Waals surface area contributed by atoms with Gasteiger partial charge in [-0.25, -0.2) is 0 Å². The second kappa shape index (κ2) is 11.2. The lowest BCUT2D eigenvalue weighted by Gasteiger charge is -2.10. The molecule has 1 amide bonds. The summed E-state index contributed by atoms with van der Waals surface area (Å²) in [6.45, 7) is 5.23. The van der Waals surface area contributed by atoms with Crippen molar-refractivity contribution in [2.24, 2.45) is 0 Å². The normalized spacial score (nSPS) is 10.4. The summed E-state index contributed by atoms with van der Waals surface area (Å²) < 4.78 is 5.74. The average Bonchev–Trinajstić information content (AvgIpc) is 2.64. The van der Waals surface area contributed by atoms with Gasteiger partial charge in [0.1, 0.15) is 5.75 Å². The Morgan fingerprint density at radius 1 is 0.962 bits per heavy atom. The molecule has 0 unspecified atom stereocenters. The van der Waals surface area contributed by atoms with Gasteiger partial charge in [0.2, 0.25) is 5.91 Å². The van der Waals surface area contributed by atoms with Gasteiger partial charge in [-0.3, -0.25) is 4.79 Å². The third-order valence-electron chi connectivity index (χ3n) is 4.13. The summed E-state index contributed by atoms with van der Waals surface area (Å²) in [5.41, 5.74) is 2.88. The summed E-state index contributed by atoms with van der Waals surface area (Å²) in [6.07, 6.45) is 6.14. The number of benzene rings is 2. The number of carbonyl (C=O) groups excluding carboxylic acids is 1. The van der Waals surface area contributed by atoms with Crippen molar-refractivity contribution in [3.8, 4) is 5.75 Å². The maximum absolute atomic E-state index is 12.0. The smallest absolute Gasteiger partial charge is 0.243 e. The summed E-state index contributed by atoms with van der Waals surface area (Å²) >= 11 is 0. The predicted octanol–water partition coefficient (Wildman–Crippen LogP) is 5.39. The Bertz CT molecular complexity index is 668. The number of carbonyl (C=O) groups is 1. The first-order valence-electron chi connectivity index (χ1n) is 9.50. The quantitative estimate of drug-likeness (QED) is 0.532. The lowest BCUT2D eigenvalue weighted by Crippen LogP contribution is -2.21. The lowest BCUT2D eigenvalue weighted by atomic mass is 10.2. The second-order valence-corrected chi connectivity index (χ2v) is 6.56. The van der Waals surface area contributed by atoms with E-state index in [2.05, 4.69) is 17.6 Å². The Kier molecular flexibility index (Phi) is 8.53. The van der Waals surface area contributed by atoms with Crippen LogP contribution in [0.5, 0.6) is 5.75 Å². The minimum Gasteiger partial charge on any atom is -0.494 e. The zero-order valence-electron chi connectivity index (χ0n) is 15.9. The number of hydrogen-bond donors (Lipinski definition) is 2. The van der Waals surface area contributed by atoms with Gasteiger partial charge in [0, 0.05) is 11.4 Å². The SMILES string of the molecule is CCCCCCCOc1ccc(NC(=O)CNc2cccc(C)c2)cc1. The van der Waals surface area contributed by atoms with Crippen LogP contribution in [0.2, 0.25) is 0 Å². The molecule has 0 saturated heterocycles. The molecule has 2 N–H and O–H groups in total. The first kappa shape index (κ1) is 19.8. The summed E-state index contributed by atoms with van der Waals surface area (Å²) in [7, 11) is 0. The van der Waals surface area contributed by atoms with Crippen LogP contribution in [0.1, 0.15) is 44.6 Å². The summed E-state index contributed by atoms with van der Waals surface area (Å²) in [6, 6.07) is 15.5. The van der Waals surface area contributed by atoms with E-state index < -0.39 is 0 Å². The van der Waals surface area contributed by atoms with Gasteiger partial charge in [0.05, 0.1) is 13.2 Å². The molecule has 0 aromatic heterocycles. The highest BCUT2D eigenvalue weighted by molar-refractivity contribution is 5.93. The maximum atomic E-state index is 12.0. The molecule has 0 heterocycles. The highest BCUT2D eigenvalue weighted by Gasteiger charge is 2.03. The molecule has 2 aromatic rings. The highest BCUT2D eigenvalue weighted by Crippen LogP contribution is 2.16. The Balaban J connectivity index is 1.68. The van der Waals surface area contributed by atoms with Crippen LogP contribution >= 0.6 is 0 Å². The third-order valence-corrected chi connectivity index (χ3v) is 4.13. The Labute approximate surface area is 157 Å². The van der Waals surface area contributed by atoms with Gasteiger partial charge >= 0.3 is 0 Å². The van der Waals surface area contributed by atoms with Crippen molar-refractivity contribution in [2.45, 2.75) is 46.0 Å². The minimum atomic E-state index is -0.0731. The van der Waals surface area contributed by atoms with Crippen molar-refractivity contribution in [2.75, 3.05) is 23.8 Å². The van der Waals surface area contributed by atoms with E-state index in [-0.39, 0.29) is 12.5 Å². The molecule has 140 valence electrons. The van der Waals surface area contributed by atoms with Gasteiger partial charge in [-0.2, -0.15) is 0 Å². The van der Waals surface area contributed by atoms with Gasteiger partial charge in [0.25, 0.3) is 0 Å². The fourth-order valence-corrected chi connectivity index (χ4v) is 2.67. The average molecular weight is 354 g/mol. The predicted molar refractivity (Wildman–Crippen MR) is 109 cm³/mol. The zero-order chi connectivity index (χ0) is 18.6. The molecule has 0 aliphatic rings. The zero-order valence-corrected chi connectivity index (χ0v) is 15.9. The van der Waals surface area contributed by atoms with Crippen LogP contribution in [0.15, 0.2) is 48.5 Å². The molecule has 4 heteroatoms. The number of nitrogens with one attached hydrogen (secondary N) is 2. The molecule has 2 aromatic carbocycles. The van der Waals surface area contributed by atoms with E-state index in [4.69, 9.17) is 4.74 Å². The van der Waals surface area contributed by atoms with Gasteiger partial charge in [-0.1, -0.05) is 44.7 Å². The van der Waals surface area contributed by atoms with Gasteiger partial charge in [-0.05, 0) is 55.3 Å². The van der Waals surface area contributed by atoms with Crippen LogP contribution in [0.4, 0.5) is 11.4 Å². The van der Waals surface area contributed by atoms with Crippen LogP contribution in [-0.4, -0.2) is 19.1 Å². The number of anilines is 2. The summed E-state index contributed by atoms with van der Waals surface area (Å²) in [4.78, 5) is 12.0. The summed E-state index contributed by atoms with van der Waals surface area (Å²) in [5.74, 6) is 0.771. The number of rotatable bonds is 11. The first-order valence-corrected chi connectivity index (χ1v) is 9.50. The monoisotopic (exact) mass is 354 g/mol. The number of unbranched alkanes of at least 4 members (excludes halogenated alkanes) is 4. The van der Waals surface area contributed by atoms with Crippen molar-refractivity contribution in [1.82, 2.24) is 0 Å². The van der Waals surface area contributed by atoms with Gasteiger partial charge in [0.15, 0.2) is 0 Å². The van der Waals surface area contributed by atoms with Crippen molar-refractivity contribution in [3.05, 3.63) is 54.1 Å². The van der Waals surface area contributed by atoms with Crippen LogP contribution < -0.4 is 15.4 Å². The van der Waals surface area contributed by atoms with E-state index in [1.165, 1.54) is 25.7 Å². The molecule has 0 aliphatic heterocycles. The topological polar surface area (TPSA) is 50.4 Å². The van der Waals surface area contributed by atoms with Gasteiger partial charge in [-0.15, -0.1) is 0 Å². The van der Waals surface area contributed by atoms with Crippen molar-refractivity contribution >= 4 is 17.3 Å². The molecule has 4 nitrogen and oxygen atoms in total. The van der Waals surface area contributed by atoms with E-state index in [0.29, 0.717) is 0 Å². The molecule has 0 radical (unpaired) electrons. The fraction of sp³-hybridized carbons (Fsp3) is 0.409. The van der Waals surface area contributed by atoms with Gasteiger partial charge < -0.3 is 15.4 Å². The lowest BCUT2D eigenvalue weighted by molar-refractivity contribution is -0.114. The summed E-state index contributed by atoms with van der Waals surface area (Å²) in [5, 5.41) is 6.02. The highest BCUT2D eigenvalue weighted by atomic mass is 16.5. The number of aryl methyl sites for hydroxylation is 1. The minimum absolute atomic E-state index is 0.0731. The number of hydrogen-bond acceptors (Lipinski definition) is 3. The second-order valence-electron chi connectivity index (χ2n) is 6.56. The molecule has 0 spiro atoms. The molecule has 0 fully saturated rings. The van der Waals surface area contributed by atoms with Crippen molar-refractivity contribution in [3.63, 3.8) is 0 Å². The van der Waals surface area contributed by atoms with E-state index >= 15 is 0 Å². The van der Waals surface area contributed by atoms with Crippen LogP contribution in [0.3, 0.4) is 0 Å². The molecular formula is C22H30N2O2. The van der Waals surface area contributed by atoms with E-state index in [0.717, 1.165) is 35.7 Å². The largest absolute Gasteiger partial charge is 0.494 e. The molecule has 0 aliphatic carbocycles. The molecule has 0 atom stereocenters. The molecule has 0 saturated carbocycles. The molecule has 26 heavy (non-hydrogen) atoms. The van der Waals surface area contributed by atoms with Crippen LogP contribution in [0.25, 0.3) is 0 Å². The molecule has 2 rings (SSSR count). The van der Waals surface area contributed by atoms with E-state index in [1.807, 2.05) is 55.5 Å². The van der Waals surface area contributed by atoms with E-state index in [9.17, 15) is 4.79 Å². The van der Waals surface area contributed by atoms with Crippen LogP contribution in [-0.2, 0) is 4.79 Å². The Morgan fingerprint density at radius 2 is 1.73 bits per heavy atom. The number of ether oxygens (including phenoxy) is 1. The fourth-order valence-electron chi connectivity index (χ4n) is 2.67. The maximum Gasteiger partial charge on any atom is 0.243 e. The Hall–Kier alpha value is -2.49. The van der Waals surface area contributed by atoms with E-state index in [1.54, 1.807) is 0 Å². The molecular weight excluding hydrogens is 324 g/mol.